The molecule has 3 aromatic rings. The summed E-state index contributed by atoms with van der Waals surface area (Å²) in [5.41, 5.74) is 6.70. The van der Waals surface area contributed by atoms with Crippen molar-refractivity contribution in [3.05, 3.63) is 80.6 Å². The maximum Gasteiger partial charge on any atom is 0.355 e. The molecule has 3 N–H and O–H groups in total. The van der Waals surface area contributed by atoms with E-state index in [1.54, 1.807) is 24.3 Å². The number of halogens is 1. The Morgan fingerprint density at radius 1 is 1.07 bits per heavy atom. The Kier molecular flexibility index (Phi) is 6.58. The lowest BCUT2D eigenvalue weighted by Gasteiger charge is -2.12. The number of nitrogens with one attached hydrogen (secondary N) is 3. The van der Waals surface area contributed by atoms with Crippen LogP contribution >= 0.6 is 15.9 Å². The Hall–Kier alpha value is -3.53. The van der Waals surface area contributed by atoms with Crippen molar-refractivity contribution < 1.29 is 9.72 Å². The molecule has 10 heteroatoms. The average Bonchev–Trinajstić information content (AvgIpc) is 2.72. The van der Waals surface area contributed by atoms with Crippen molar-refractivity contribution in [1.29, 1.82) is 0 Å². The van der Waals surface area contributed by atoms with Gasteiger partial charge < -0.3 is 5.32 Å². The van der Waals surface area contributed by atoms with Gasteiger partial charge in [-0.3, -0.25) is 25.8 Å². The maximum absolute atomic E-state index is 12.4. The number of carbonyl (C=O) groups is 1. The topological polar surface area (TPSA) is 122 Å². The number of benzene rings is 2. The minimum Gasteiger partial charge on any atom is -0.334 e. The molecule has 0 saturated carbocycles. The van der Waals surface area contributed by atoms with E-state index < -0.39 is 16.5 Å². The number of carbonyl (C=O) groups excluding carboxylic acids is 1. The van der Waals surface area contributed by atoms with Crippen LogP contribution in [0, 0.1) is 10.1 Å². The van der Waals surface area contributed by atoms with Crippen LogP contribution in [0.1, 0.15) is 35.7 Å². The highest BCUT2D eigenvalue weighted by molar-refractivity contribution is 9.10. The molecule has 1 heterocycles. The highest BCUT2D eigenvalue weighted by atomic mass is 79.9. The molecule has 1 amide bonds. The second-order valence-electron chi connectivity index (χ2n) is 6.64. The first-order valence-electron chi connectivity index (χ1n) is 9.04. The van der Waals surface area contributed by atoms with E-state index in [1.807, 2.05) is 24.3 Å². The molecule has 2 aromatic carbocycles. The summed E-state index contributed by atoms with van der Waals surface area (Å²) in [4.78, 5) is 31.3. The smallest absolute Gasteiger partial charge is 0.334 e. The Morgan fingerprint density at radius 2 is 1.73 bits per heavy atom. The number of amides is 1. The summed E-state index contributed by atoms with van der Waals surface area (Å²) in [5, 5.41) is 14.6. The monoisotopic (exact) mass is 470 g/mol. The zero-order chi connectivity index (χ0) is 21.7. The minimum atomic E-state index is -0.613. The molecule has 30 heavy (non-hydrogen) atoms. The highest BCUT2D eigenvalue weighted by Crippen LogP contribution is 2.31. The number of nitrogens with zero attached hydrogens (tertiary/aromatic N) is 3. The van der Waals surface area contributed by atoms with Crippen LogP contribution in [-0.2, 0) is 0 Å². The van der Waals surface area contributed by atoms with E-state index in [0.29, 0.717) is 21.6 Å². The first kappa shape index (κ1) is 21.2. The van der Waals surface area contributed by atoms with Crippen LogP contribution in [0.4, 0.5) is 23.0 Å². The van der Waals surface area contributed by atoms with Gasteiger partial charge in [0.05, 0.1) is 10.5 Å². The molecule has 3 rings (SSSR count). The SMILES string of the molecule is CC(C)c1ccc(Nc2ncnc(NNC(=O)c3ccccc3Br)c2[N+](=O)[O-])cc1. The van der Waals surface area contributed by atoms with Crippen LogP contribution in [0.15, 0.2) is 59.3 Å². The number of aromatic nitrogens is 2. The summed E-state index contributed by atoms with van der Waals surface area (Å²) in [6, 6.07) is 14.3. The standard InChI is InChI=1S/C20H19BrN6O3/c1-12(2)13-7-9-14(10-8-13)24-18-17(27(29)30)19(23-11-22-18)25-26-20(28)15-5-3-4-6-16(15)21/h3-12H,1-2H3,(H,26,28)(H2,22,23,24,25). The highest BCUT2D eigenvalue weighted by Gasteiger charge is 2.24. The normalized spacial score (nSPS) is 10.5. The zero-order valence-electron chi connectivity index (χ0n) is 16.2. The minimum absolute atomic E-state index is 0.00457. The molecule has 0 bridgehead atoms. The largest absolute Gasteiger partial charge is 0.355 e. The van der Waals surface area contributed by atoms with Gasteiger partial charge in [-0.05, 0) is 51.7 Å². The second-order valence-corrected chi connectivity index (χ2v) is 7.49. The number of anilines is 3. The van der Waals surface area contributed by atoms with Crippen LogP contribution in [0.5, 0.6) is 0 Å². The van der Waals surface area contributed by atoms with Gasteiger partial charge in [0.1, 0.15) is 6.33 Å². The maximum atomic E-state index is 12.4. The lowest BCUT2D eigenvalue weighted by atomic mass is 10.0. The molecule has 0 unspecified atom stereocenters. The fourth-order valence-electron chi connectivity index (χ4n) is 2.65. The summed E-state index contributed by atoms with van der Waals surface area (Å²) in [5.74, 6) is -0.243. The third kappa shape index (κ3) is 4.90. The number of hydrazine groups is 1. The molecule has 154 valence electrons. The molecule has 0 spiro atoms. The third-order valence-electron chi connectivity index (χ3n) is 4.26. The summed E-state index contributed by atoms with van der Waals surface area (Å²) in [6.07, 6.45) is 1.17. The van der Waals surface area contributed by atoms with E-state index >= 15 is 0 Å². The number of rotatable bonds is 7. The van der Waals surface area contributed by atoms with Crippen LogP contribution in [0.3, 0.4) is 0 Å². The zero-order valence-corrected chi connectivity index (χ0v) is 17.8. The van der Waals surface area contributed by atoms with Gasteiger partial charge in [0.15, 0.2) is 0 Å². The quantitative estimate of drug-likeness (QED) is 0.335. The second kappa shape index (κ2) is 9.31. The predicted molar refractivity (Wildman–Crippen MR) is 118 cm³/mol. The molecule has 0 atom stereocenters. The third-order valence-corrected chi connectivity index (χ3v) is 4.95. The number of nitro groups is 1. The number of hydrogen-bond acceptors (Lipinski definition) is 7. The molecule has 0 aliphatic heterocycles. The average molecular weight is 471 g/mol. The summed E-state index contributed by atoms with van der Waals surface area (Å²) >= 11 is 3.29. The molecule has 1 aromatic heterocycles. The molecule has 0 aliphatic rings. The Bertz CT molecular complexity index is 1070. The lowest BCUT2D eigenvalue weighted by molar-refractivity contribution is -0.383. The van der Waals surface area contributed by atoms with Crippen molar-refractivity contribution in [3.63, 3.8) is 0 Å². The lowest BCUT2D eigenvalue weighted by Crippen LogP contribution is -2.30. The fourth-order valence-corrected chi connectivity index (χ4v) is 3.12. The molecule has 0 radical (unpaired) electrons. The van der Waals surface area contributed by atoms with Gasteiger partial charge in [-0.1, -0.05) is 38.1 Å². The van der Waals surface area contributed by atoms with E-state index in [-0.39, 0.29) is 11.6 Å². The Morgan fingerprint density at radius 3 is 2.37 bits per heavy atom. The van der Waals surface area contributed by atoms with E-state index in [1.165, 1.54) is 6.33 Å². The van der Waals surface area contributed by atoms with Crippen molar-refractivity contribution >= 4 is 44.8 Å². The molecule has 0 saturated heterocycles. The summed E-state index contributed by atoms with van der Waals surface area (Å²) in [7, 11) is 0. The van der Waals surface area contributed by atoms with Crippen molar-refractivity contribution in [2.75, 3.05) is 10.7 Å². The predicted octanol–water partition coefficient (Wildman–Crippen LogP) is 4.77. The van der Waals surface area contributed by atoms with Crippen molar-refractivity contribution in [2.24, 2.45) is 0 Å². The first-order valence-corrected chi connectivity index (χ1v) is 9.83. The summed E-state index contributed by atoms with van der Waals surface area (Å²) in [6.45, 7) is 4.16. The molecular weight excluding hydrogens is 452 g/mol. The van der Waals surface area contributed by atoms with Gasteiger partial charge in [-0.25, -0.2) is 9.97 Å². The molecule has 0 aliphatic carbocycles. The Labute approximate surface area is 181 Å². The van der Waals surface area contributed by atoms with E-state index in [4.69, 9.17) is 0 Å². The first-order chi connectivity index (χ1) is 14.4. The molecular formula is C20H19BrN6O3. The summed E-state index contributed by atoms with van der Waals surface area (Å²) < 4.78 is 0.591. The van der Waals surface area contributed by atoms with Crippen LogP contribution in [0.2, 0.25) is 0 Å². The number of hydrogen-bond donors (Lipinski definition) is 3. The van der Waals surface area contributed by atoms with Gasteiger partial charge >= 0.3 is 5.69 Å². The van der Waals surface area contributed by atoms with Crippen LogP contribution in [-0.4, -0.2) is 20.8 Å². The van der Waals surface area contributed by atoms with Gasteiger partial charge in [-0.15, -0.1) is 0 Å². The van der Waals surface area contributed by atoms with E-state index in [9.17, 15) is 14.9 Å². The van der Waals surface area contributed by atoms with Gasteiger partial charge in [0, 0.05) is 10.2 Å². The van der Waals surface area contributed by atoms with Gasteiger partial charge in [-0.2, -0.15) is 0 Å². The van der Waals surface area contributed by atoms with Crippen molar-refractivity contribution in [2.45, 2.75) is 19.8 Å². The fraction of sp³-hybridized carbons (Fsp3) is 0.150. The Balaban J connectivity index is 1.81. The van der Waals surface area contributed by atoms with Crippen LogP contribution in [0.25, 0.3) is 0 Å². The van der Waals surface area contributed by atoms with Gasteiger partial charge in [0.25, 0.3) is 5.91 Å². The van der Waals surface area contributed by atoms with E-state index in [0.717, 1.165) is 5.56 Å². The van der Waals surface area contributed by atoms with Crippen molar-refractivity contribution in [1.82, 2.24) is 15.4 Å². The van der Waals surface area contributed by atoms with E-state index in [2.05, 4.69) is 55.9 Å². The molecule has 9 nitrogen and oxygen atoms in total. The van der Waals surface area contributed by atoms with Crippen LogP contribution < -0.4 is 16.2 Å². The van der Waals surface area contributed by atoms with Crippen molar-refractivity contribution in [3.8, 4) is 0 Å². The van der Waals surface area contributed by atoms with Gasteiger partial charge in [0.2, 0.25) is 11.6 Å². The molecule has 0 fully saturated rings.